The first kappa shape index (κ1) is 37.9. The van der Waals surface area contributed by atoms with E-state index in [-0.39, 0.29) is 49.2 Å². The molecule has 4 rings (SSSR count). The van der Waals surface area contributed by atoms with Crippen LogP contribution in [0, 0.1) is 21.4 Å². The maximum atomic E-state index is 13.4. The molecule has 3 N–H and O–H groups in total. The van der Waals surface area contributed by atoms with Crippen LogP contribution in [0.2, 0.25) is 0 Å². The fourth-order valence-corrected chi connectivity index (χ4v) is 5.35. The number of nitrogens with zero attached hydrogens (tertiary/aromatic N) is 2. The van der Waals surface area contributed by atoms with E-state index in [1.165, 1.54) is 25.3 Å². The summed E-state index contributed by atoms with van der Waals surface area (Å²) in [7, 11) is 1.22. The number of para-hydroxylation sites is 1. The number of esters is 2. The number of carbonyl (C=O) groups is 2. The van der Waals surface area contributed by atoms with Crippen molar-refractivity contribution < 1.29 is 43.3 Å². The zero-order valence-electron chi connectivity index (χ0n) is 28.7. The molecule has 0 saturated carbocycles. The van der Waals surface area contributed by atoms with Crippen LogP contribution in [0.15, 0.2) is 95.3 Å². The minimum atomic E-state index is -0.963. The van der Waals surface area contributed by atoms with Gasteiger partial charge in [0.15, 0.2) is 0 Å². The highest BCUT2D eigenvalue weighted by Gasteiger charge is 2.38. The quantitative estimate of drug-likeness (QED) is 0.0783. The van der Waals surface area contributed by atoms with E-state index >= 15 is 0 Å². The third-order valence-electron chi connectivity index (χ3n) is 7.85. The van der Waals surface area contributed by atoms with E-state index in [4.69, 9.17) is 28.9 Å². The second-order valence-electron chi connectivity index (χ2n) is 11.6. The number of hydrogen-bond acceptors (Lipinski definition) is 13. The lowest BCUT2D eigenvalue weighted by Crippen LogP contribution is -2.39. The normalized spacial score (nSPS) is 15.2. The number of nitro groups is 1. The molecule has 0 amide bonds. The Bertz CT molecular complexity index is 1820. The predicted octanol–water partition coefficient (Wildman–Crippen LogP) is 4.29. The van der Waals surface area contributed by atoms with Gasteiger partial charge >= 0.3 is 11.9 Å². The number of benzene rings is 3. The smallest absolute Gasteiger partial charge is 0.336 e. The van der Waals surface area contributed by atoms with E-state index in [9.17, 15) is 24.8 Å². The maximum Gasteiger partial charge on any atom is 0.336 e. The van der Waals surface area contributed by atoms with E-state index in [2.05, 4.69) is 16.7 Å². The minimum Gasteiger partial charge on any atom is -0.492 e. The Hall–Kier alpha value is -5.91. The highest BCUT2D eigenvalue weighted by molar-refractivity contribution is 5.99. The first-order valence-corrected chi connectivity index (χ1v) is 16.1. The largest absolute Gasteiger partial charge is 0.492 e. The molecule has 51 heavy (non-hydrogen) atoms. The molecule has 0 aromatic heterocycles. The average molecular weight is 701 g/mol. The molecule has 1 heterocycles. The molecule has 3 unspecified atom stereocenters. The summed E-state index contributed by atoms with van der Waals surface area (Å²) in [6.45, 7) is 5.78. The molecule has 3 aromatic rings. The first-order chi connectivity index (χ1) is 24.5. The van der Waals surface area contributed by atoms with Crippen LogP contribution >= 0.6 is 0 Å². The molecule has 3 aromatic carbocycles. The monoisotopic (exact) mass is 700 g/mol. The molecular formula is C37H40N4O10. The van der Waals surface area contributed by atoms with E-state index in [0.29, 0.717) is 46.4 Å². The van der Waals surface area contributed by atoms with Gasteiger partial charge in [-0.05, 0) is 62.7 Å². The summed E-state index contributed by atoms with van der Waals surface area (Å²) in [4.78, 5) is 37.2. The van der Waals surface area contributed by atoms with Crippen molar-refractivity contribution in [3.05, 3.63) is 117 Å². The zero-order chi connectivity index (χ0) is 36.9. The van der Waals surface area contributed by atoms with Crippen LogP contribution in [0.5, 0.6) is 17.2 Å². The Morgan fingerprint density at radius 1 is 0.941 bits per heavy atom. The number of aliphatic hydroxyl groups is 1. The molecule has 14 heteroatoms. The molecule has 0 fully saturated rings. The highest BCUT2D eigenvalue weighted by Crippen LogP contribution is 2.40. The van der Waals surface area contributed by atoms with Gasteiger partial charge in [0.2, 0.25) is 0 Å². The molecule has 14 nitrogen and oxygen atoms in total. The van der Waals surface area contributed by atoms with Gasteiger partial charge in [-0.3, -0.25) is 10.1 Å². The predicted molar refractivity (Wildman–Crippen MR) is 185 cm³/mol. The van der Waals surface area contributed by atoms with E-state index in [1.54, 1.807) is 68.4 Å². The van der Waals surface area contributed by atoms with Crippen LogP contribution < -0.4 is 24.8 Å². The summed E-state index contributed by atoms with van der Waals surface area (Å²) in [6.07, 6.45) is -0.789. The number of allylic oxidation sites excluding steroid dienone is 2. The Morgan fingerprint density at radius 3 is 2.27 bits per heavy atom. The Morgan fingerprint density at radius 2 is 1.61 bits per heavy atom. The molecule has 0 saturated heterocycles. The molecule has 1 aliphatic heterocycles. The fraction of sp³-hybridized carbons (Fsp3) is 0.324. The van der Waals surface area contributed by atoms with Crippen molar-refractivity contribution in [3.63, 3.8) is 0 Å². The van der Waals surface area contributed by atoms with E-state index in [0.717, 1.165) is 0 Å². The van der Waals surface area contributed by atoms with Crippen LogP contribution in [-0.4, -0.2) is 74.2 Å². The lowest BCUT2D eigenvalue weighted by molar-refractivity contribution is -0.384. The van der Waals surface area contributed by atoms with Crippen LogP contribution in [0.3, 0.4) is 0 Å². The van der Waals surface area contributed by atoms with Gasteiger partial charge in [0, 0.05) is 36.1 Å². The summed E-state index contributed by atoms with van der Waals surface area (Å²) in [5.41, 5.74) is 1.73. The third-order valence-corrected chi connectivity index (χ3v) is 7.85. The van der Waals surface area contributed by atoms with Crippen molar-refractivity contribution in [2.75, 3.05) is 40.1 Å². The lowest BCUT2D eigenvalue weighted by atomic mass is 9.80. The Labute approximate surface area is 295 Å². The number of non-ortho nitro benzene ring substituents is 1. The lowest BCUT2D eigenvalue weighted by Gasteiger charge is -2.30. The van der Waals surface area contributed by atoms with Crippen molar-refractivity contribution >= 4 is 17.6 Å². The topological polar surface area (TPSA) is 192 Å². The first-order valence-electron chi connectivity index (χ1n) is 16.1. The number of methoxy groups -OCH3 is 1. The second-order valence-corrected chi connectivity index (χ2v) is 11.6. The summed E-state index contributed by atoms with van der Waals surface area (Å²) in [5, 5.41) is 37.1. The molecule has 0 aliphatic carbocycles. The van der Waals surface area contributed by atoms with Crippen molar-refractivity contribution in [2.45, 2.75) is 38.8 Å². The zero-order valence-corrected chi connectivity index (χ0v) is 28.7. The molecule has 0 radical (unpaired) electrons. The summed E-state index contributed by atoms with van der Waals surface area (Å²) in [6, 6.07) is 21.4. The maximum absolute atomic E-state index is 13.4. The van der Waals surface area contributed by atoms with Crippen molar-refractivity contribution in [2.24, 2.45) is 0 Å². The Balaban J connectivity index is 1.24. The van der Waals surface area contributed by atoms with Gasteiger partial charge in [0.05, 0.1) is 34.7 Å². The van der Waals surface area contributed by atoms with Crippen molar-refractivity contribution in [1.29, 1.82) is 5.26 Å². The second kappa shape index (κ2) is 18.2. The van der Waals surface area contributed by atoms with Gasteiger partial charge in [-0.2, -0.15) is 5.26 Å². The fourth-order valence-electron chi connectivity index (χ4n) is 5.35. The number of aliphatic hydroxyl groups excluding tert-OH is 1. The Kier molecular flexibility index (Phi) is 13.5. The number of nitro benzene ring substituents is 1. The summed E-state index contributed by atoms with van der Waals surface area (Å²) < 4.78 is 27.7. The van der Waals surface area contributed by atoms with Gasteiger partial charge in [-0.25, -0.2) is 9.59 Å². The van der Waals surface area contributed by atoms with Gasteiger partial charge in [-0.1, -0.05) is 24.3 Å². The summed E-state index contributed by atoms with van der Waals surface area (Å²) in [5.74, 6) is -0.828. The molecule has 268 valence electrons. The van der Waals surface area contributed by atoms with Crippen molar-refractivity contribution in [1.82, 2.24) is 10.6 Å². The van der Waals surface area contributed by atoms with E-state index in [1.807, 2.05) is 6.92 Å². The standard InChI is InChI=1S/C37H40N4O10/c1-23(39-20-29(42)22-51-32-11-6-5-8-27(32)19-38)21-50-31-14-12-30(13-15-31)48-16-17-49-37(44)34-25(3)40-24(2)33(36(43)47-4)35(34)26-9-7-10-28(18-26)41(45)46/h5-15,18,23,29,35,39-40,42H,16-17,20-22H2,1-4H3. The van der Waals surface area contributed by atoms with Crippen molar-refractivity contribution in [3.8, 4) is 23.3 Å². The third kappa shape index (κ3) is 10.3. The van der Waals surface area contributed by atoms with Crippen LogP contribution in [-0.2, 0) is 19.1 Å². The number of carbonyl (C=O) groups excluding carboxylic acids is 2. The van der Waals surface area contributed by atoms with Gasteiger partial charge in [-0.15, -0.1) is 0 Å². The number of ether oxygens (including phenoxy) is 5. The number of dihydropyridines is 1. The molecular weight excluding hydrogens is 660 g/mol. The van der Waals surface area contributed by atoms with Gasteiger partial charge in [0.25, 0.3) is 5.69 Å². The molecule has 3 atom stereocenters. The van der Waals surface area contributed by atoms with Crippen LogP contribution in [0.4, 0.5) is 5.69 Å². The number of nitriles is 1. The highest BCUT2D eigenvalue weighted by atomic mass is 16.6. The molecule has 0 spiro atoms. The SMILES string of the molecule is COC(=O)C1=C(C)NC(C)=C(C(=O)OCCOc2ccc(OCC(C)NCC(O)COc3ccccc3C#N)cc2)C1c1cccc([N+](=O)[O-])c1. The number of hydrogen-bond donors (Lipinski definition) is 3. The van der Waals surface area contributed by atoms with E-state index < -0.39 is 28.9 Å². The minimum absolute atomic E-state index is 0.0288. The summed E-state index contributed by atoms with van der Waals surface area (Å²) >= 11 is 0. The van der Waals surface area contributed by atoms with Crippen LogP contribution in [0.1, 0.15) is 37.8 Å². The van der Waals surface area contributed by atoms with Gasteiger partial charge < -0.3 is 39.4 Å². The average Bonchev–Trinajstić information content (AvgIpc) is 3.13. The molecule has 0 bridgehead atoms. The van der Waals surface area contributed by atoms with Crippen LogP contribution in [0.25, 0.3) is 0 Å². The van der Waals surface area contributed by atoms with Gasteiger partial charge in [0.1, 0.15) is 55.8 Å². The number of nitrogens with one attached hydrogen (secondary N) is 2. The molecule has 1 aliphatic rings. The number of rotatable bonds is 17.